The van der Waals surface area contributed by atoms with Gasteiger partial charge in [-0.3, -0.25) is 23.9 Å². The summed E-state index contributed by atoms with van der Waals surface area (Å²) >= 11 is 0. The van der Waals surface area contributed by atoms with Crippen LogP contribution in [0, 0.1) is 0 Å². The summed E-state index contributed by atoms with van der Waals surface area (Å²) < 4.78 is 7.24. The van der Waals surface area contributed by atoms with E-state index in [0.29, 0.717) is 22.9 Å². The van der Waals surface area contributed by atoms with E-state index in [9.17, 15) is 14.4 Å². The molecule has 0 bridgehead atoms. The highest BCUT2D eigenvalue weighted by molar-refractivity contribution is 6.00. The number of hydrogen-bond acceptors (Lipinski definition) is 6. The van der Waals surface area contributed by atoms with Gasteiger partial charge >= 0.3 is 0 Å². The fourth-order valence-corrected chi connectivity index (χ4v) is 4.81. The molecular formula is C33H26N6O4. The lowest BCUT2D eigenvalue weighted by Crippen LogP contribution is -2.34. The Balaban J connectivity index is 1.36. The maximum absolute atomic E-state index is 14.1. The van der Waals surface area contributed by atoms with E-state index in [1.54, 1.807) is 48.8 Å². The molecule has 6 aromatic rings. The number of hydrogen-bond donors (Lipinski definition) is 3. The zero-order valence-electron chi connectivity index (χ0n) is 22.9. The minimum atomic E-state index is -0.717. The van der Waals surface area contributed by atoms with E-state index in [1.165, 1.54) is 16.8 Å². The van der Waals surface area contributed by atoms with Gasteiger partial charge in [0.1, 0.15) is 23.9 Å². The lowest BCUT2D eigenvalue weighted by molar-refractivity contribution is -0.121. The number of para-hydroxylation sites is 1. The molecule has 0 aliphatic heterocycles. The number of primary amides is 1. The van der Waals surface area contributed by atoms with Crippen LogP contribution in [-0.2, 0) is 17.9 Å². The average Bonchev–Trinajstić information content (AvgIpc) is 3.45. The number of aromatic nitrogens is 4. The number of nitrogens with two attached hydrogens (primary N) is 1. The van der Waals surface area contributed by atoms with Crippen LogP contribution >= 0.6 is 0 Å². The Bertz CT molecular complexity index is 1970. The number of benzene rings is 3. The highest BCUT2D eigenvalue weighted by Crippen LogP contribution is 2.29. The van der Waals surface area contributed by atoms with Gasteiger partial charge in [-0.25, -0.2) is 4.98 Å². The number of carbonyl (C=O) groups is 2. The van der Waals surface area contributed by atoms with E-state index in [-0.39, 0.29) is 29.8 Å². The highest BCUT2D eigenvalue weighted by atomic mass is 16.5. The molecule has 43 heavy (non-hydrogen) atoms. The van der Waals surface area contributed by atoms with E-state index in [0.717, 1.165) is 16.6 Å². The Kier molecular flexibility index (Phi) is 7.47. The molecular weight excluding hydrogens is 544 g/mol. The molecule has 3 aromatic carbocycles. The van der Waals surface area contributed by atoms with Crippen molar-refractivity contribution >= 4 is 22.7 Å². The molecule has 6 rings (SSSR count). The number of fused-ring (bicyclic) bond motifs is 1. The molecule has 212 valence electrons. The molecule has 0 aliphatic rings. The van der Waals surface area contributed by atoms with Crippen molar-refractivity contribution in [3.63, 3.8) is 0 Å². The second kappa shape index (κ2) is 11.8. The van der Waals surface area contributed by atoms with Crippen LogP contribution in [0.2, 0.25) is 0 Å². The molecule has 0 spiro atoms. The molecule has 0 unspecified atom stereocenters. The third-order valence-corrected chi connectivity index (χ3v) is 6.86. The third-order valence-electron chi connectivity index (χ3n) is 6.86. The minimum Gasteiger partial charge on any atom is -0.457 e. The Morgan fingerprint density at radius 1 is 0.884 bits per heavy atom. The lowest BCUT2D eigenvalue weighted by atomic mass is 10.0. The fraction of sp³-hybridized carbons (Fsp3) is 0.0606. The Morgan fingerprint density at radius 2 is 1.65 bits per heavy atom. The van der Waals surface area contributed by atoms with Crippen LogP contribution in [0.4, 0.5) is 0 Å². The molecule has 0 aliphatic carbocycles. The van der Waals surface area contributed by atoms with Gasteiger partial charge in [0.05, 0.1) is 12.1 Å². The SMILES string of the molecule is NC(=O)c1ccc(Oc2ccccc2)cc1-c1cnc(-c2ccccc2)n(CC(=O)NCc2cc3cnccc3[nH]2)c1=O. The summed E-state index contributed by atoms with van der Waals surface area (Å²) in [5, 5.41) is 3.79. The van der Waals surface area contributed by atoms with Crippen LogP contribution in [0.3, 0.4) is 0 Å². The molecule has 0 fully saturated rings. The third kappa shape index (κ3) is 5.89. The van der Waals surface area contributed by atoms with Crippen LogP contribution in [0.5, 0.6) is 11.5 Å². The lowest BCUT2D eigenvalue weighted by Gasteiger charge is -2.16. The van der Waals surface area contributed by atoms with Crippen molar-refractivity contribution in [2.75, 3.05) is 0 Å². The number of pyridine rings is 1. The van der Waals surface area contributed by atoms with Crippen molar-refractivity contribution < 1.29 is 14.3 Å². The van der Waals surface area contributed by atoms with Gasteiger partial charge in [-0.1, -0.05) is 48.5 Å². The highest BCUT2D eigenvalue weighted by Gasteiger charge is 2.20. The van der Waals surface area contributed by atoms with E-state index >= 15 is 0 Å². The number of nitrogens with one attached hydrogen (secondary N) is 2. The van der Waals surface area contributed by atoms with Gasteiger partial charge in [-0.15, -0.1) is 0 Å². The van der Waals surface area contributed by atoms with Gasteiger partial charge in [0, 0.05) is 51.9 Å². The van der Waals surface area contributed by atoms with Gasteiger partial charge in [-0.2, -0.15) is 0 Å². The average molecular weight is 571 g/mol. The molecule has 0 saturated heterocycles. The van der Waals surface area contributed by atoms with E-state index in [4.69, 9.17) is 10.5 Å². The van der Waals surface area contributed by atoms with Crippen molar-refractivity contribution in [1.29, 1.82) is 0 Å². The maximum Gasteiger partial charge on any atom is 0.262 e. The fourth-order valence-electron chi connectivity index (χ4n) is 4.81. The molecule has 0 saturated carbocycles. The molecule has 10 heteroatoms. The van der Waals surface area contributed by atoms with Gasteiger partial charge < -0.3 is 20.8 Å². The summed E-state index contributed by atoms with van der Waals surface area (Å²) in [6.45, 7) is -0.0848. The Hall–Kier alpha value is -6.03. The largest absolute Gasteiger partial charge is 0.457 e. The first kappa shape index (κ1) is 27.2. The maximum atomic E-state index is 14.1. The van der Waals surface area contributed by atoms with Crippen molar-refractivity contribution in [2.45, 2.75) is 13.1 Å². The van der Waals surface area contributed by atoms with Crippen molar-refractivity contribution in [3.8, 4) is 34.0 Å². The smallest absolute Gasteiger partial charge is 0.262 e. The summed E-state index contributed by atoms with van der Waals surface area (Å²) in [5.74, 6) is 0.170. The van der Waals surface area contributed by atoms with Crippen molar-refractivity contribution in [1.82, 2.24) is 24.8 Å². The quantitative estimate of drug-likeness (QED) is 0.231. The van der Waals surface area contributed by atoms with Crippen LogP contribution in [0.1, 0.15) is 16.1 Å². The minimum absolute atomic E-state index is 0.0999. The van der Waals surface area contributed by atoms with E-state index < -0.39 is 17.4 Å². The molecule has 2 amide bonds. The standard InChI is InChI=1S/C33H26N6O4/c34-31(41)26-12-11-25(43-24-9-5-2-6-10-24)16-27(26)28-19-37-32(21-7-3-1-4-8-21)39(33(28)42)20-30(40)36-18-23-15-22-17-35-14-13-29(22)38-23/h1-17,19,38H,18,20H2,(H2,34,41)(H,36,40). The van der Waals surface area contributed by atoms with E-state index in [1.807, 2.05) is 48.5 Å². The van der Waals surface area contributed by atoms with Crippen LogP contribution < -0.4 is 21.3 Å². The number of carbonyl (C=O) groups excluding carboxylic acids is 2. The number of H-pyrrole nitrogens is 1. The summed E-state index contributed by atoms with van der Waals surface area (Å²) in [6.07, 6.45) is 4.82. The molecule has 3 heterocycles. The monoisotopic (exact) mass is 570 g/mol. The van der Waals surface area contributed by atoms with Gasteiger partial charge in [-0.05, 0) is 42.5 Å². The summed E-state index contributed by atoms with van der Waals surface area (Å²) in [6, 6.07) is 26.6. The predicted octanol–water partition coefficient (Wildman–Crippen LogP) is 4.66. The number of amides is 2. The second-order valence-corrected chi connectivity index (χ2v) is 9.77. The van der Waals surface area contributed by atoms with Gasteiger partial charge in [0.2, 0.25) is 11.8 Å². The normalized spacial score (nSPS) is 10.9. The number of ether oxygens (including phenoxy) is 1. The topological polar surface area (TPSA) is 145 Å². The van der Waals surface area contributed by atoms with Crippen LogP contribution in [0.25, 0.3) is 33.4 Å². The summed E-state index contributed by atoms with van der Waals surface area (Å²) in [5.41, 5.74) is 7.99. The van der Waals surface area contributed by atoms with Crippen LogP contribution in [0.15, 0.2) is 114 Å². The molecule has 0 atom stereocenters. The van der Waals surface area contributed by atoms with Gasteiger partial charge in [0.25, 0.3) is 5.56 Å². The van der Waals surface area contributed by atoms with Crippen LogP contribution in [-0.4, -0.2) is 31.3 Å². The molecule has 0 radical (unpaired) electrons. The first-order valence-corrected chi connectivity index (χ1v) is 13.5. The number of aromatic amines is 1. The van der Waals surface area contributed by atoms with Gasteiger partial charge in [0.15, 0.2) is 0 Å². The van der Waals surface area contributed by atoms with E-state index in [2.05, 4.69) is 20.3 Å². The zero-order chi connectivity index (χ0) is 29.8. The molecule has 3 aromatic heterocycles. The number of nitrogens with zero attached hydrogens (tertiary/aromatic N) is 3. The Morgan fingerprint density at radius 3 is 2.40 bits per heavy atom. The van der Waals surface area contributed by atoms with Crippen molar-refractivity contribution in [2.24, 2.45) is 5.73 Å². The predicted molar refractivity (Wildman–Crippen MR) is 162 cm³/mol. The number of rotatable bonds is 9. The molecule has 4 N–H and O–H groups in total. The second-order valence-electron chi connectivity index (χ2n) is 9.77. The first-order chi connectivity index (χ1) is 21.0. The molecule has 10 nitrogen and oxygen atoms in total. The Labute approximate surface area is 245 Å². The first-order valence-electron chi connectivity index (χ1n) is 13.5. The zero-order valence-corrected chi connectivity index (χ0v) is 22.9. The summed E-state index contributed by atoms with van der Waals surface area (Å²) in [4.78, 5) is 51.6. The summed E-state index contributed by atoms with van der Waals surface area (Å²) in [7, 11) is 0. The van der Waals surface area contributed by atoms with Crippen molar-refractivity contribution in [3.05, 3.63) is 131 Å².